The van der Waals surface area contributed by atoms with Crippen LogP contribution in [0, 0.1) is 0 Å². The minimum absolute atomic E-state index is 0.427. The van der Waals surface area contributed by atoms with Gasteiger partial charge in [-0.2, -0.15) is 15.4 Å². The highest BCUT2D eigenvalue weighted by molar-refractivity contribution is 5.12. The third kappa shape index (κ3) is 2.40. The first-order chi connectivity index (χ1) is 7.40. The molecule has 4 nitrogen and oxygen atoms in total. The molecule has 2 heterocycles. The van der Waals surface area contributed by atoms with Crippen LogP contribution in [0.5, 0.6) is 0 Å². The van der Waals surface area contributed by atoms with Crippen LogP contribution in [-0.4, -0.2) is 20.4 Å². The van der Waals surface area contributed by atoms with Crippen LogP contribution in [-0.2, 0) is 6.42 Å². The van der Waals surface area contributed by atoms with E-state index < -0.39 is 0 Å². The van der Waals surface area contributed by atoms with Gasteiger partial charge in [-0.25, -0.2) is 0 Å². The van der Waals surface area contributed by atoms with Gasteiger partial charge in [-0.15, -0.1) is 0 Å². The summed E-state index contributed by atoms with van der Waals surface area (Å²) in [7, 11) is 0. The molecule has 0 fully saturated rings. The highest BCUT2D eigenvalue weighted by Crippen LogP contribution is 2.20. The van der Waals surface area contributed by atoms with Crippen LogP contribution < -0.4 is 0 Å². The zero-order valence-corrected chi connectivity index (χ0v) is 8.72. The van der Waals surface area contributed by atoms with Crippen molar-refractivity contribution in [3.8, 4) is 0 Å². The Morgan fingerprint density at radius 2 is 2.33 bits per heavy atom. The Morgan fingerprint density at radius 3 is 2.93 bits per heavy atom. The van der Waals surface area contributed by atoms with Crippen molar-refractivity contribution in [3.63, 3.8) is 0 Å². The van der Waals surface area contributed by atoms with Crippen molar-refractivity contribution in [3.05, 3.63) is 42.0 Å². The maximum atomic E-state index is 4.37. The van der Waals surface area contributed by atoms with E-state index in [0.717, 1.165) is 24.2 Å². The van der Waals surface area contributed by atoms with Gasteiger partial charge in [0, 0.05) is 24.2 Å². The molecule has 0 aliphatic heterocycles. The van der Waals surface area contributed by atoms with Gasteiger partial charge in [0.15, 0.2) is 0 Å². The molecule has 0 aliphatic rings. The Morgan fingerprint density at radius 1 is 1.40 bits per heavy atom. The van der Waals surface area contributed by atoms with Crippen molar-refractivity contribution in [2.75, 3.05) is 0 Å². The van der Waals surface area contributed by atoms with E-state index in [1.54, 1.807) is 6.20 Å². The normalized spacial score (nSPS) is 12.6. The van der Waals surface area contributed by atoms with Gasteiger partial charge in [0.2, 0.25) is 0 Å². The summed E-state index contributed by atoms with van der Waals surface area (Å²) in [5.41, 5.74) is 2.12. The molecule has 0 aromatic carbocycles. The van der Waals surface area contributed by atoms with Crippen LogP contribution in [0.3, 0.4) is 0 Å². The summed E-state index contributed by atoms with van der Waals surface area (Å²) in [6, 6.07) is 6.02. The molecule has 0 saturated heterocycles. The van der Waals surface area contributed by atoms with Crippen LogP contribution >= 0.6 is 0 Å². The Kier molecular flexibility index (Phi) is 3.07. The molecule has 0 aliphatic carbocycles. The number of H-pyrrole nitrogens is 1. The quantitative estimate of drug-likeness (QED) is 0.824. The van der Waals surface area contributed by atoms with E-state index in [1.165, 1.54) is 0 Å². The van der Waals surface area contributed by atoms with Gasteiger partial charge >= 0.3 is 0 Å². The van der Waals surface area contributed by atoms with E-state index in [0.29, 0.717) is 5.92 Å². The molecule has 0 amide bonds. The van der Waals surface area contributed by atoms with Crippen LogP contribution in [0.4, 0.5) is 0 Å². The minimum Gasteiger partial charge on any atom is -0.261 e. The monoisotopic (exact) mass is 202 g/mol. The average molecular weight is 202 g/mol. The van der Waals surface area contributed by atoms with E-state index in [9.17, 15) is 0 Å². The summed E-state index contributed by atoms with van der Waals surface area (Å²) in [4.78, 5) is 4.37. The van der Waals surface area contributed by atoms with E-state index in [1.807, 2.05) is 18.3 Å². The zero-order chi connectivity index (χ0) is 10.5. The summed E-state index contributed by atoms with van der Waals surface area (Å²) in [5.74, 6) is 0.427. The fourth-order valence-corrected chi connectivity index (χ4v) is 1.65. The summed E-state index contributed by atoms with van der Waals surface area (Å²) < 4.78 is 0. The number of aromatic nitrogens is 4. The third-order valence-electron chi connectivity index (χ3n) is 2.52. The Hall–Kier alpha value is -1.71. The van der Waals surface area contributed by atoms with Crippen molar-refractivity contribution in [1.82, 2.24) is 20.4 Å². The first kappa shape index (κ1) is 9.83. The van der Waals surface area contributed by atoms with Crippen molar-refractivity contribution in [2.45, 2.75) is 25.7 Å². The SMILES string of the molecule is CCC(Cc1cn[nH]n1)c1ccccn1. The second-order valence-electron chi connectivity index (χ2n) is 3.53. The Labute approximate surface area is 88.8 Å². The van der Waals surface area contributed by atoms with Crippen molar-refractivity contribution >= 4 is 0 Å². The van der Waals surface area contributed by atoms with E-state index >= 15 is 0 Å². The smallest absolute Gasteiger partial charge is 0.0831 e. The fourth-order valence-electron chi connectivity index (χ4n) is 1.65. The molecule has 0 bridgehead atoms. The van der Waals surface area contributed by atoms with Crippen molar-refractivity contribution in [1.29, 1.82) is 0 Å². The largest absolute Gasteiger partial charge is 0.261 e. The predicted molar refractivity (Wildman–Crippen MR) is 57.4 cm³/mol. The standard InChI is InChI=1S/C11H14N4/c1-2-9(7-10-8-13-15-14-10)11-5-3-4-6-12-11/h3-6,8-9H,2,7H2,1H3,(H,13,14,15). The Bertz CT molecular complexity index is 382. The molecule has 2 aromatic rings. The summed E-state index contributed by atoms with van der Waals surface area (Å²) in [6.45, 7) is 2.17. The maximum Gasteiger partial charge on any atom is 0.0831 e. The number of aromatic amines is 1. The second kappa shape index (κ2) is 4.68. The first-order valence-electron chi connectivity index (χ1n) is 5.15. The van der Waals surface area contributed by atoms with Gasteiger partial charge in [0.25, 0.3) is 0 Å². The van der Waals surface area contributed by atoms with E-state index in [4.69, 9.17) is 0 Å². The van der Waals surface area contributed by atoms with Gasteiger partial charge in [-0.1, -0.05) is 13.0 Å². The molecule has 0 spiro atoms. The molecule has 2 aromatic heterocycles. The number of nitrogens with zero attached hydrogens (tertiary/aromatic N) is 3. The molecular weight excluding hydrogens is 188 g/mol. The lowest BCUT2D eigenvalue weighted by molar-refractivity contribution is 0.629. The number of nitrogens with one attached hydrogen (secondary N) is 1. The lowest BCUT2D eigenvalue weighted by Gasteiger charge is -2.11. The molecule has 1 unspecified atom stereocenters. The van der Waals surface area contributed by atoms with Gasteiger partial charge in [-0.05, 0) is 18.6 Å². The fraction of sp³-hybridized carbons (Fsp3) is 0.364. The molecule has 2 rings (SSSR count). The third-order valence-corrected chi connectivity index (χ3v) is 2.52. The van der Waals surface area contributed by atoms with Crippen LogP contribution in [0.25, 0.3) is 0 Å². The lowest BCUT2D eigenvalue weighted by Crippen LogP contribution is -2.04. The van der Waals surface area contributed by atoms with Crippen LogP contribution in [0.2, 0.25) is 0 Å². The molecule has 0 saturated carbocycles. The van der Waals surface area contributed by atoms with Crippen LogP contribution in [0.15, 0.2) is 30.6 Å². The van der Waals surface area contributed by atoms with E-state index in [2.05, 4.69) is 33.4 Å². The summed E-state index contributed by atoms with van der Waals surface area (Å²) >= 11 is 0. The zero-order valence-electron chi connectivity index (χ0n) is 8.72. The van der Waals surface area contributed by atoms with E-state index in [-0.39, 0.29) is 0 Å². The first-order valence-corrected chi connectivity index (χ1v) is 5.15. The van der Waals surface area contributed by atoms with Gasteiger partial charge in [0.05, 0.1) is 11.9 Å². The number of hydrogen-bond donors (Lipinski definition) is 1. The lowest BCUT2D eigenvalue weighted by atomic mass is 9.96. The van der Waals surface area contributed by atoms with Crippen molar-refractivity contribution in [2.24, 2.45) is 0 Å². The van der Waals surface area contributed by atoms with Gasteiger partial charge < -0.3 is 0 Å². The second-order valence-corrected chi connectivity index (χ2v) is 3.53. The summed E-state index contributed by atoms with van der Waals surface area (Å²) in [6.07, 6.45) is 5.56. The summed E-state index contributed by atoms with van der Waals surface area (Å²) in [5, 5.41) is 10.5. The highest BCUT2D eigenvalue weighted by atomic mass is 15.3. The average Bonchev–Trinajstić information content (AvgIpc) is 2.80. The number of pyridine rings is 1. The molecule has 1 atom stereocenters. The molecule has 0 radical (unpaired) electrons. The molecule has 15 heavy (non-hydrogen) atoms. The van der Waals surface area contributed by atoms with Gasteiger partial charge in [0.1, 0.15) is 0 Å². The highest BCUT2D eigenvalue weighted by Gasteiger charge is 2.12. The molecular formula is C11H14N4. The topological polar surface area (TPSA) is 54.5 Å². The maximum absolute atomic E-state index is 4.37. The Balaban J connectivity index is 2.12. The van der Waals surface area contributed by atoms with Crippen LogP contribution in [0.1, 0.15) is 30.7 Å². The van der Waals surface area contributed by atoms with Crippen molar-refractivity contribution < 1.29 is 0 Å². The molecule has 4 heteroatoms. The minimum atomic E-state index is 0.427. The molecule has 1 N–H and O–H groups in total. The molecule has 78 valence electrons. The number of hydrogen-bond acceptors (Lipinski definition) is 3. The predicted octanol–water partition coefficient (Wildman–Crippen LogP) is 1.94. The number of rotatable bonds is 4. The van der Waals surface area contributed by atoms with Gasteiger partial charge in [-0.3, -0.25) is 4.98 Å².